The standard InChI is InChI=1S/C11H15NO2/c1-3-4-11(14-12)9-5-7-10(13-2)8-6-9/h3,5-8,11H,1,4,12H2,2H3/t11-/m0/s1. The van der Waals surface area contributed by atoms with Crippen LogP contribution in [0.1, 0.15) is 18.1 Å². The zero-order chi connectivity index (χ0) is 10.4. The van der Waals surface area contributed by atoms with E-state index in [0.717, 1.165) is 11.3 Å². The molecule has 14 heavy (non-hydrogen) atoms. The van der Waals surface area contributed by atoms with E-state index in [-0.39, 0.29) is 6.10 Å². The zero-order valence-electron chi connectivity index (χ0n) is 8.27. The topological polar surface area (TPSA) is 44.5 Å². The largest absolute Gasteiger partial charge is 0.497 e. The molecule has 0 amide bonds. The summed E-state index contributed by atoms with van der Waals surface area (Å²) in [5.41, 5.74) is 1.02. The second kappa shape index (κ2) is 5.42. The van der Waals surface area contributed by atoms with Gasteiger partial charge in [-0.25, -0.2) is 5.90 Å². The first-order chi connectivity index (χ1) is 6.81. The molecule has 1 aromatic carbocycles. The molecule has 0 fully saturated rings. The summed E-state index contributed by atoms with van der Waals surface area (Å²) in [4.78, 5) is 4.84. The molecule has 0 saturated carbocycles. The molecule has 0 spiro atoms. The monoisotopic (exact) mass is 193 g/mol. The van der Waals surface area contributed by atoms with Crippen molar-refractivity contribution in [2.45, 2.75) is 12.5 Å². The van der Waals surface area contributed by atoms with E-state index in [2.05, 4.69) is 6.58 Å². The third-order valence-electron chi connectivity index (χ3n) is 2.03. The lowest BCUT2D eigenvalue weighted by Crippen LogP contribution is -2.08. The van der Waals surface area contributed by atoms with Gasteiger partial charge in [-0.2, -0.15) is 0 Å². The van der Waals surface area contributed by atoms with Crippen LogP contribution in [0.25, 0.3) is 0 Å². The minimum atomic E-state index is -0.126. The maximum atomic E-state index is 5.18. The number of methoxy groups -OCH3 is 1. The van der Waals surface area contributed by atoms with Crippen LogP contribution in [0.4, 0.5) is 0 Å². The quantitative estimate of drug-likeness (QED) is 0.576. The van der Waals surface area contributed by atoms with Crippen LogP contribution in [-0.2, 0) is 4.84 Å². The van der Waals surface area contributed by atoms with Crippen LogP contribution in [0.15, 0.2) is 36.9 Å². The first kappa shape index (κ1) is 10.8. The highest BCUT2D eigenvalue weighted by Gasteiger charge is 2.08. The van der Waals surface area contributed by atoms with Crippen LogP contribution in [0.2, 0.25) is 0 Å². The van der Waals surface area contributed by atoms with Gasteiger partial charge in [0.15, 0.2) is 0 Å². The molecule has 3 heteroatoms. The van der Waals surface area contributed by atoms with Gasteiger partial charge in [0.2, 0.25) is 0 Å². The predicted molar refractivity (Wildman–Crippen MR) is 55.8 cm³/mol. The number of nitrogens with two attached hydrogens (primary N) is 1. The first-order valence-corrected chi connectivity index (χ1v) is 4.42. The average Bonchev–Trinajstić information content (AvgIpc) is 2.26. The molecule has 0 bridgehead atoms. The Bertz CT molecular complexity index is 282. The maximum absolute atomic E-state index is 5.18. The molecule has 0 saturated heterocycles. The van der Waals surface area contributed by atoms with Crippen molar-refractivity contribution in [3.63, 3.8) is 0 Å². The van der Waals surface area contributed by atoms with Crippen molar-refractivity contribution in [1.29, 1.82) is 0 Å². The van der Waals surface area contributed by atoms with Gasteiger partial charge in [0.25, 0.3) is 0 Å². The van der Waals surface area contributed by atoms with Crippen molar-refractivity contribution >= 4 is 0 Å². The van der Waals surface area contributed by atoms with Gasteiger partial charge >= 0.3 is 0 Å². The van der Waals surface area contributed by atoms with Crippen LogP contribution in [0, 0.1) is 0 Å². The molecular weight excluding hydrogens is 178 g/mol. The lowest BCUT2D eigenvalue weighted by atomic mass is 10.1. The van der Waals surface area contributed by atoms with E-state index in [0.29, 0.717) is 6.42 Å². The Kier molecular flexibility index (Phi) is 4.16. The minimum absolute atomic E-state index is 0.126. The lowest BCUT2D eigenvalue weighted by molar-refractivity contribution is 0.0549. The van der Waals surface area contributed by atoms with Crippen molar-refractivity contribution in [2.24, 2.45) is 5.90 Å². The molecule has 2 N–H and O–H groups in total. The van der Waals surface area contributed by atoms with Gasteiger partial charge in [-0.15, -0.1) is 6.58 Å². The molecule has 0 aliphatic carbocycles. The molecule has 0 aliphatic heterocycles. The van der Waals surface area contributed by atoms with E-state index in [1.807, 2.05) is 24.3 Å². The molecule has 1 atom stereocenters. The van der Waals surface area contributed by atoms with Crippen LogP contribution >= 0.6 is 0 Å². The molecule has 3 nitrogen and oxygen atoms in total. The van der Waals surface area contributed by atoms with E-state index in [1.165, 1.54) is 0 Å². The highest BCUT2D eigenvalue weighted by Crippen LogP contribution is 2.22. The van der Waals surface area contributed by atoms with Crippen LogP contribution in [0.5, 0.6) is 5.75 Å². The molecule has 0 aliphatic rings. The summed E-state index contributed by atoms with van der Waals surface area (Å²) in [6.45, 7) is 3.65. The van der Waals surface area contributed by atoms with Crippen molar-refractivity contribution in [3.05, 3.63) is 42.5 Å². The average molecular weight is 193 g/mol. The van der Waals surface area contributed by atoms with Crippen molar-refractivity contribution in [3.8, 4) is 5.75 Å². The molecule has 1 rings (SSSR count). The normalized spacial score (nSPS) is 12.1. The molecule has 1 aromatic rings. The van der Waals surface area contributed by atoms with Gasteiger partial charge in [0.05, 0.1) is 7.11 Å². The number of ether oxygens (including phenoxy) is 1. The second-order valence-electron chi connectivity index (χ2n) is 2.92. The Morgan fingerprint density at radius 3 is 2.50 bits per heavy atom. The van der Waals surface area contributed by atoms with E-state index < -0.39 is 0 Å². The minimum Gasteiger partial charge on any atom is -0.497 e. The fourth-order valence-corrected chi connectivity index (χ4v) is 1.24. The Morgan fingerprint density at radius 2 is 2.07 bits per heavy atom. The van der Waals surface area contributed by atoms with Gasteiger partial charge < -0.3 is 4.74 Å². The van der Waals surface area contributed by atoms with Crippen molar-refractivity contribution < 1.29 is 9.57 Å². The van der Waals surface area contributed by atoms with E-state index >= 15 is 0 Å². The molecule has 0 heterocycles. The number of hydrogen-bond acceptors (Lipinski definition) is 3. The fraction of sp³-hybridized carbons (Fsp3) is 0.273. The third-order valence-corrected chi connectivity index (χ3v) is 2.03. The molecule has 0 unspecified atom stereocenters. The Morgan fingerprint density at radius 1 is 1.43 bits per heavy atom. The highest BCUT2D eigenvalue weighted by molar-refractivity contribution is 5.28. The van der Waals surface area contributed by atoms with E-state index in [1.54, 1.807) is 13.2 Å². The summed E-state index contributed by atoms with van der Waals surface area (Å²) in [5.74, 6) is 6.00. The SMILES string of the molecule is C=CC[C@H](ON)c1ccc(OC)cc1. The van der Waals surface area contributed by atoms with Gasteiger partial charge in [0, 0.05) is 0 Å². The van der Waals surface area contributed by atoms with Crippen molar-refractivity contribution in [1.82, 2.24) is 0 Å². The molecular formula is C11H15NO2. The Hall–Kier alpha value is -1.32. The summed E-state index contributed by atoms with van der Waals surface area (Å²) < 4.78 is 5.05. The Balaban J connectivity index is 2.77. The molecule has 0 radical (unpaired) electrons. The summed E-state index contributed by atoms with van der Waals surface area (Å²) in [7, 11) is 1.63. The number of rotatable bonds is 5. The van der Waals surface area contributed by atoms with Gasteiger partial charge in [-0.3, -0.25) is 4.84 Å². The first-order valence-electron chi connectivity index (χ1n) is 4.42. The summed E-state index contributed by atoms with van der Waals surface area (Å²) in [5, 5.41) is 0. The maximum Gasteiger partial charge on any atom is 0.118 e. The summed E-state index contributed by atoms with van der Waals surface area (Å²) in [6, 6.07) is 7.62. The van der Waals surface area contributed by atoms with Gasteiger partial charge in [-0.05, 0) is 24.1 Å². The number of benzene rings is 1. The summed E-state index contributed by atoms with van der Waals surface area (Å²) in [6.07, 6.45) is 2.35. The van der Waals surface area contributed by atoms with Gasteiger partial charge in [-0.1, -0.05) is 18.2 Å². The van der Waals surface area contributed by atoms with E-state index in [4.69, 9.17) is 15.5 Å². The highest BCUT2D eigenvalue weighted by atomic mass is 16.6. The molecule has 76 valence electrons. The predicted octanol–water partition coefficient (Wildman–Crippen LogP) is 2.20. The van der Waals surface area contributed by atoms with Crippen LogP contribution in [-0.4, -0.2) is 7.11 Å². The third kappa shape index (κ3) is 2.58. The zero-order valence-corrected chi connectivity index (χ0v) is 8.27. The smallest absolute Gasteiger partial charge is 0.118 e. The number of hydrogen-bond donors (Lipinski definition) is 1. The lowest BCUT2D eigenvalue weighted by Gasteiger charge is -2.12. The fourth-order valence-electron chi connectivity index (χ4n) is 1.24. The van der Waals surface area contributed by atoms with Crippen LogP contribution in [0.3, 0.4) is 0 Å². The second-order valence-corrected chi connectivity index (χ2v) is 2.92. The van der Waals surface area contributed by atoms with Crippen molar-refractivity contribution in [2.75, 3.05) is 7.11 Å². The van der Waals surface area contributed by atoms with Crippen LogP contribution < -0.4 is 10.6 Å². The van der Waals surface area contributed by atoms with E-state index in [9.17, 15) is 0 Å². The summed E-state index contributed by atoms with van der Waals surface area (Å²) >= 11 is 0. The van der Waals surface area contributed by atoms with Gasteiger partial charge in [0.1, 0.15) is 11.9 Å². The molecule has 0 aromatic heterocycles. The Labute approximate surface area is 84.1 Å².